The first kappa shape index (κ1) is 11.0. The standard InChI is InChI=1S/C10H17BrO2/c1-9(2)7(6-11)4-5-10(9,3)8(12)13/h7H,4-6H2,1-3H3,(H,12,13)/t7-,10+/m1/s1. The molecule has 0 bridgehead atoms. The van der Waals surface area contributed by atoms with E-state index in [0.717, 1.165) is 18.2 Å². The van der Waals surface area contributed by atoms with Crippen LogP contribution in [0.25, 0.3) is 0 Å². The number of aliphatic carboxylic acids is 1. The van der Waals surface area contributed by atoms with Crippen LogP contribution in [0.5, 0.6) is 0 Å². The van der Waals surface area contributed by atoms with E-state index in [9.17, 15) is 9.90 Å². The Labute approximate surface area is 87.8 Å². The molecule has 1 aliphatic carbocycles. The van der Waals surface area contributed by atoms with E-state index < -0.39 is 11.4 Å². The molecule has 3 heteroatoms. The molecule has 1 saturated carbocycles. The van der Waals surface area contributed by atoms with Crippen LogP contribution in [0.15, 0.2) is 0 Å². The first-order valence-electron chi connectivity index (χ1n) is 4.65. The Morgan fingerprint density at radius 1 is 1.54 bits per heavy atom. The van der Waals surface area contributed by atoms with Crippen molar-refractivity contribution in [3.63, 3.8) is 0 Å². The molecule has 0 aromatic rings. The van der Waals surface area contributed by atoms with Crippen LogP contribution in [0.4, 0.5) is 0 Å². The van der Waals surface area contributed by atoms with Gasteiger partial charge in [-0.2, -0.15) is 0 Å². The first-order valence-corrected chi connectivity index (χ1v) is 5.78. The fourth-order valence-electron chi connectivity index (χ4n) is 2.25. The number of carbonyl (C=O) groups is 1. The van der Waals surface area contributed by atoms with Crippen molar-refractivity contribution >= 4 is 21.9 Å². The van der Waals surface area contributed by atoms with Crippen LogP contribution in [0.2, 0.25) is 0 Å². The van der Waals surface area contributed by atoms with Gasteiger partial charge in [0.2, 0.25) is 0 Å². The number of hydrogen-bond acceptors (Lipinski definition) is 1. The predicted octanol–water partition coefficient (Wildman–Crippen LogP) is 2.91. The van der Waals surface area contributed by atoms with Crippen LogP contribution in [0.3, 0.4) is 0 Å². The molecule has 0 heterocycles. The van der Waals surface area contributed by atoms with E-state index >= 15 is 0 Å². The minimum atomic E-state index is -0.652. The minimum Gasteiger partial charge on any atom is -0.481 e. The molecule has 0 aliphatic heterocycles. The van der Waals surface area contributed by atoms with E-state index in [1.165, 1.54) is 0 Å². The van der Waals surface area contributed by atoms with Crippen molar-refractivity contribution in [2.24, 2.45) is 16.7 Å². The van der Waals surface area contributed by atoms with Crippen LogP contribution in [0.1, 0.15) is 33.6 Å². The van der Waals surface area contributed by atoms with Crippen molar-refractivity contribution < 1.29 is 9.90 Å². The average molecular weight is 249 g/mol. The molecule has 0 spiro atoms. The van der Waals surface area contributed by atoms with Gasteiger partial charge in [-0.1, -0.05) is 29.8 Å². The van der Waals surface area contributed by atoms with Crippen molar-refractivity contribution in [1.29, 1.82) is 0 Å². The molecule has 1 rings (SSSR count). The second kappa shape index (κ2) is 3.26. The van der Waals surface area contributed by atoms with Gasteiger partial charge in [0.25, 0.3) is 0 Å². The molecular weight excluding hydrogens is 232 g/mol. The highest BCUT2D eigenvalue weighted by Gasteiger charge is 2.55. The highest BCUT2D eigenvalue weighted by molar-refractivity contribution is 9.09. The van der Waals surface area contributed by atoms with E-state index in [-0.39, 0.29) is 5.41 Å². The quantitative estimate of drug-likeness (QED) is 0.764. The van der Waals surface area contributed by atoms with E-state index in [2.05, 4.69) is 29.8 Å². The highest BCUT2D eigenvalue weighted by Crippen LogP contribution is 2.56. The fourth-order valence-corrected chi connectivity index (χ4v) is 3.38. The normalized spacial score (nSPS) is 37.7. The average Bonchev–Trinajstić information content (AvgIpc) is 2.25. The predicted molar refractivity (Wildman–Crippen MR) is 56.0 cm³/mol. The molecule has 13 heavy (non-hydrogen) atoms. The lowest BCUT2D eigenvalue weighted by Gasteiger charge is -2.37. The van der Waals surface area contributed by atoms with Crippen LogP contribution in [0, 0.1) is 16.7 Å². The van der Waals surface area contributed by atoms with Crippen molar-refractivity contribution in [2.45, 2.75) is 33.6 Å². The smallest absolute Gasteiger partial charge is 0.309 e. The monoisotopic (exact) mass is 248 g/mol. The molecule has 0 saturated heterocycles. The van der Waals surface area contributed by atoms with E-state index in [1.54, 1.807) is 0 Å². The van der Waals surface area contributed by atoms with Crippen molar-refractivity contribution in [3.05, 3.63) is 0 Å². The summed E-state index contributed by atoms with van der Waals surface area (Å²) in [7, 11) is 0. The molecule has 2 atom stereocenters. The number of halogens is 1. The molecule has 76 valence electrons. The van der Waals surface area contributed by atoms with Gasteiger partial charge in [-0.05, 0) is 31.1 Å². The number of carboxylic acids is 1. The third kappa shape index (κ3) is 1.41. The molecule has 1 aliphatic rings. The zero-order valence-corrected chi connectivity index (χ0v) is 10.0. The van der Waals surface area contributed by atoms with Gasteiger partial charge in [-0.3, -0.25) is 4.79 Å². The minimum absolute atomic E-state index is 0.109. The SMILES string of the molecule is CC1(C)[C@@H](CBr)CC[C@@]1(C)C(=O)O. The second-order valence-electron chi connectivity index (χ2n) is 4.75. The maximum absolute atomic E-state index is 11.2. The van der Waals surface area contributed by atoms with Crippen LogP contribution < -0.4 is 0 Å². The summed E-state index contributed by atoms with van der Waals surface area (Å²) in [5.41, 5.74) is -0.659. The number of alkyl halides is 1. The summed E-state index contributed by atoms with van der Waals surface area (Å²) < 4.78 is 0. The van der Waals surface area contributed by atoms with Crippen LogP contribution in [-0.4, -0.2) is 16.4 Å². The van der Waals surface area contributed by atoms with Gasteiger partial charge in [0.15, 0.2) is 0 Å². The Balaban J connectivity index is 2.99. The number of hydrogen-bond donors (Lipinski definition) is 1. The second-order valence-corrected chi connectivity index (χ2v) is 5.40. The first-order chi connectivity index (χ1) is 5.86. The lowest BCUT2D eigenvalue weighted by molar-refractivity contribution is -0.154. The fraction of sp³-hybridized carbons (Fsp3) is 0.900. The van der Waals surface area contributed by atoms with Gasteiger partial charge in [0.1, 0.15) is 0 Å². The van der Waals surface area contributed by atoms with Crippen molar-refractivity contribution in [2.75, 3.05) is 5.33 Å². The maximum Gasteiger partial charge on any atom is 0.309 e. The topological polar surface area (TPSA) is 37.3 Å². The van der Waals surface area contributed by atoms with E-state index in [1.807, 2.05) is 6.92 Å². The molecule has 0 aromatic carbocycles. The zero-order valence-electron chi connectivity index (χ0n) is 8.43. The van der Waals surface area contributed by atoms with Gasteiger partial charge in [0.05, 0.1) is 5.41 Å². The lowest BCUT2D eigenvalue weighted by Crippen LogP contribution is -2.40. The third-order valence-corrected chi connectivity index (χ3v) is 4.88. The maximum atomic E-state index is 11.2. The van der Waals surface area contributed by atoms with Crippen molar-refractivity contribution in [3.8, 4) is 0 Å². The summed E-state index contributed by atoms with van der Waals surface area (Å²) in [6.45, 7) is 6.01. The molecule has 0 amide bonds. The lowest BCUT2D eigenvalue weighted by atomic mass is 9.66. The Bertz CT molecular complexity index is 225. The van der Waals surface area contributed by atoms with Crippen LogP contribution >= 0.6 is 15.9 Å². The zero-order chi connectivity index (χ0) is 10.3. The van der Waals surface area contributed by atoms with Gasteiger partial charge in [-0.25, -0.2) is 0 Å². The molecule has 0 radical (unpaired) electrons. The number of carboxylic acid groups (broad SMARTS) is 1. The van der Waals surface area contributed by atoms with Gasteiger partial charge in [0, 0.05) is 5.33 Å². The van der Waals surface area contributed by atoms with Gasteiger partial charge in [-0.15, -0.1) is 0 Å². The summed E-state index contributed by atoms with van der Waals surface area (Å²) in [4.78, 5) is 11.2. The Kier molecular flexibility index (Phi) is 2.77. The van der Waals surface area contributed by atoms with Crippen molar-refractivity contribution in [1.82, 2.24) is 0 Å². The summed E-state index contributed by atoms with van der Waals surface area (Å²) in [5, 5.41) is 10.1. The van der Waals surface area contributed by atoms with Gasteiger partial charge >= 0.3 is 5.97 Å². The summed E-state index contributed by atoms with van der Waals surface area (Å²) in [5.74, 6) is -0.172. The summed E-state index contributed by atoms with van der Waals surface area (Å²) >= 11 is 3.46. The summed E-state index contributed by atoms with van der Waals surface area (Å²) in [6, 6.07) is 0. The van der Waals surface area contributed by atoms with Gasteiger partial charge < -0.3 is 5.11 Å². The molecule has 2 nitrogen and oxygen atoms in total. The Hall–Kier alpha value is -0.0500. The van der Waals surface area contributed by atoms with E-state index in [0.29, 0.717) is 5.92 Å². The molecule has 0 unspecified atom stereocenters. The molecule has 0 aromatic heterocycles. The Morgan fingerprint density at radius 3 is 2.31 bits per heavy atom. The highest BCUT2D eigenvalue weighted by atomic mass is 79.9. The molecular formula is C10H17BrO2. The van der Waals surface area contributed by atoms with Crippen LogP contribution in [-0.2, 0) is 4.79 Å². The van der Waals surface area contributed by atoms with E-state index in [4.69, 9.17) is 0 Å². The summed E-state index contributed by atoms with van der Waals surface area (Å²) in [6.07, 6.45) is 1.81. The number of rotatable bonds is 2. The largest absolute Gasteiger partial charge is 0.481 e. The Morgan fingerprint density at radius 2 is 2.08 bits per heavy atom. The third-order valence-electron chi connectivity index (χ3n) is 4.09. The molecule has 1 N–H and O–H groups in total. The molecule has 1 fully saturated rings.